The van der Waals surface area contributed by atoms with Crippen LogP contribution in [0.3, 0.4) is 0 Å². The molecule has 0 amide bonds. The van der Waals surface area contributed by atoms with Crippen molar-refractivity contribution in [2.24, 2.45) is 5.92 Å². The van der Waals surface area contributed by atoms with Crippen LogP contribution >= 0.6 is 0 Å². The molecule has 4 rings (SSSR count). The van der Waals surface area contributed by atoms with E-state index in [0.29, 0.717) is 5.56 Å². The van der Waals surface area contributed by atoms with E-state index in [1.54, 1.807) is 12.1 Å². The van der Waals surface area contributed by atoms with Gasteiger partial charge in [-0.1, -0.05) is 6.92 Å². The number of aromatic carboxylic acids is 1. The van der Waals surface area contributed by atoms with Gasteiger partial charge in [-0.25, -0.2) is 9.78 Å². The lowest BCUT2D eigenvalue weighted by molar-refractivity contribution is -0.0592. The summed E-state index contributed by atoms with van der Waals surface area (Å²) in [5.74, 6) is 0.836. The molecule has 1 aromatic carbocycles. The first-order chi connectivity index (χ1) is 12.1. The minimum Gasteiger partial charge on any atom is -0.478 e. The number of imidazole rings is 1. The lowest BCUT2D eigenvalue weighted by Gasteiger charge is -2.31. The van der Waals surface area contributed by atoms with Crippen molar-refractivity contribution in [1.29, 1.82) is 0 Å². The van der Waals surface area contributed by atoms with Crippen molar-refractivity contribution in [2.75, 3.05) is 19.7 Å². The topological polar surface area (TPSA) is 67.6 Å². The van der Waals surface area contributed by atoms with E-state index in [-0.39, 0.29) is 6.10 Å². The van der Waals surface area contributed by atoms with Crippen molar-refractivity contribution < 1.29 is 14.6 Å². The first-order valence-corrected chi connectivity index (χ1v) is 9.16. The zero-order valence-electron chi connectivity index (χ0n) is 14.6. The van der Waals surface area contributed by atoms with E-state index in [4.69, 9.17) is 9.72 Å². The van der Waals surface area contributed by atoms with Crippen LogP contribution in [0.25, 0.3) is 11.0 Å². The van der Waals surface area contributed by atoms with E-state index in [1.807, 2.05) is 6.07 Å². The van der Waals surface area contributed by atoms with Gasteiger partial charge in [-0.2, -0.15) is 0 Å². The van der Waals surface area contributed by atoms with Gasteiger partial charge in [-0.15, -0.1) is 0 Å². The molecule has 2 aliphatic rings. The molecule has 0 bridgehead atoms. The monoisotopic (exact) mass is 343 g/mol. The van der Waals surface area contributed by atoms with Gasteiger partial charge in [0.15, 0.2) is 0 Å². The molecule has 134 valence electrons. The molecule has 6 nitrogen and oxygen atoms in total. The molecule has 0 spiro atoms. The number of ether oxygens (including phenoxy) is 1. The van der Waals surface area contributed by atoms with E-state index >= 15 is 0 Å². The second-order valence-electron chi connectivity index (χ2n) is 7.41. The summed E-state index contributed by atoms with van der Waals surface area (Å²) >= 11 is 0. The number of aromatic nitrogens is 2. The number of hydrogen-bond donors (Lipinski definition) is 1. The van der Waals surface area contributed by atoms with Crippen LogP contribution in [0.1, 0.15) is 42.4 Å². The Hall–Kier alpha value is -1.92. The molecule has 2 atom stereocenters. The molecular formula is C19H25N3O3. The molecule has 1 aromatic heterocycles. The van der Waals surface area contributed by atoms with Gasteiger partial charge < -0.3 is 14.4 Å². The number of likely N-dealkylation sites (tertiary alicyclic amines) is 1. The van der Waals surface area contributed by atoms with E-state index in [0.717, 1.165) is 62.0 Å². The number of benzene rings is 1. The third-order valence-electron chi connectivity index (χ3n) is 5.36. The minimum atomic E-state index is -0.902. The third-order valence-corrected chi connectivity index (χ3v) is 5.36. The van der Waals surface area contributed by atoms with Crippen LogP contribution in [0.4, 0.5) is 0 Å². The fourth-order valence-electron chi connectivity index (χ4n) is 3.89. The summed E-state index contributed by atoms with van der Waals surface area (Å²) in [6.45, 7) is 6.89. The van der Waals surface area contributed by atoms with Gasteiger partial charge in [-0.05, 0) is 49.9 Å². The molecule has 2 fully saturated rings. The normalized spacial score (nSPS) is 24.4. The standard InChI is InChI=1S/C19H25N3O3/c1-13-3-2-7-21(10-13)12-18-20-16-5-4-14(19(23)24)9-17(16)22(18)11-15-6-8-25-15/h4-5,9,13,15H,2-3,6-8,10-12H2,1H3,(H,23,24)/t13?,15-/m0/s1. The van der Waals surface area contributed by atoms with Crippen molar-refractivity contribution in [2.45, 2.75) is 45.4 Å². The third kappa shape index (κ3) is 3.41. The highest BCUT2D eigenvalue weighted by Crippen LogP contribution is 2.24. The van der Waals surface area contributed by atoms with Crippen LogP contribution < -0.4 is 0 Å². The van der Waals surface area contributed by atoms with Crippen LogP contribution in [-0.4, -0.2) is 51.3 Å². The Kier molecular flexibility index (Phi) is 4.48. The number of nitrogens with zero attached hydrogens (tertiary/aromatic N) is 3. The Labute approximate surface area is 147 Å². The summed E-state index contributed by atoms with van der Waals surface area (Å²) in [5, 5.41) is 9.31. The molecule has 1 unspecified atom stereocenters. The van der Waals surface area contributed by atoms with Crippen LogP contribution in [0.2, 0.25) is 0 Å². The Morgan fingerprint density at radius 3 is 2.92 bits per heavy atom. The van der Waals surface area contributed by atoms with Gasteiger partial charge >= 0.3 is 5.97 Å². The van der Waals surface area contributed by atoms with Crippen LogP contribution in [-0.2, 0) is 17.8 Å². The number of hydrogen-bond acceptors (Lipinski definition) is 4. The van der Waals surface area contributed by atoms with Crippen molar-refractivity contribution in [3.63, 3.8) is 0 Å². The smallest absolute Gasteiger partial charge is 0.335 e. The summed E-state index contributed by atoms with van der Waals surface area (Å²) < 4.78 is 7.79. The predicted molar refractivity (Wildman–Crippen MR) is 94.7 cm³/mol. The van der Waals surface area contributed by atoms with Crippen molar-refractivity contribution >= 4 is 17.0 Å². The molecule has 25 heavy (non-hydrogen) atoms. The number of piperidine rings is 1. The number of rotatable bonds is 5. The van der Waals surface area contributed by atoms with E-state index in [9.17, 15) is 9.90 Å². The summed E-state index contributed by atoms with van der Waals surface area (Å²) in [7, 11) is 0. The highest BCUT2D eigenvalue weighted by molar-refractivity contribution is 5.92. The summed E-state index contributed by atoms with van der Waals surface area (Å²) in [5.41, 5.74) is 2.07. The van der Waals surface area contributed by atoms with Gasteiger partial charge in [-0.3, -0.25) is 4.90 Å². The van der Waals surface area contributed by atoms with Crippen LogP contribution in [0, 0.1) is 5.92 Å². The quantitative estimate of drug-likeness (QED) is 0.904. The van der Waals surface area contributed by atoms with E-state index in [1.165, 1.54) is 12.8 Å². The molecule has 1 N–H and O–H groups in total. The Morgan fingerprint density at radius 1 is 1.40 bits per heavy atom. The van der Waals surface area contributed by atoms with E-state index < -0.39 is 5.97 Å². The Bertz CT molecular complexity index is 782. The average Bonchev–Trinajstić information content (AvgIpc) is 2.87. The summed E-state index contributed by atoms with van der Waals surface area (Å²) in [6.07, 6.45) is 3.80. The molecule has 2 aliphatic heterocycles. The average molecular weight is 343 g/mol. The largest absolute Gasteiger partial charge is 0.478 e. The molecule has 6 heteroatoms. The second-order valence-corrected chi connectivity index (χ2v) is 7.41. The van der Waals surface area contributed by atoms with Crippen molar-refractivity contribution in [3.05, 3.63) is 29.6 Å². The van der Waals surface area contributed by atoms with Crippen molar-refractivity contribution in [1.82, 2.24) is 14.5 Å². The first-order valence-electron chi connectivity index (χ1n) is 9.16. The number of carboxylic acid groups (broad SMARTS) is 1. The molecule has 2 aromatic rings. The minimum absolute atomic E-state index is 0.213. The molecular weight excluding hydrogens is 318 g/mol. The summed E-state index contributed by atoms with van der Waals surface area (Å²) in [4.78, 5) is 18.6. The number of carboxylic acids is 1. The highest BCUT2D eigenvalue weighted by atomic mass is 16.5. The summed E-state index contributed by atoms with van der Waals surface area (Å²) in [6, 6.07) is 5.19. The maximum absolute atomic E-state index is 11.3. The first kappa shape index (κ1) is 16.5. The Morgan fingerprint density at radius 2 is 2.24 bits per heavy atom. The zero-order chi connectivity index (χ0) is 17.4. The SMILES string of the molecule is CC1CCCN(Cc2nc3ccc(C(=O)O)cc3n2C[C@@H]2CCO2)C1. The number of carbonyl (C=O) groups is 1. The lowest BCUT2D eigenvalue weighted by atomic mass is 10.0. The lowest BCUT2D eigenvalue weighted by Crippen LogP contribution is -2.36. The van der Waals surface area contributed by atoms with Gasteiger partial charge in [0.1, 0.15) is 5.82 Å². The van der Waals surface area contributed by atoms with Crippen molar-refractivity contribution in [3.8, 4) is 0 Å². The fourth-order valence-corrected chi connectivity index (χ4v) is 3.89. The van der Waals surface area contributed by atoms with Crippen LogP contribution in [0.5, 0.6) is 0 Å². The van der Waals surface area contributed by atoms with Gasteiger partial charge in [0, 0.05) is 13.2 Å². The van der Waals surface area contributed by atoms with Gasteiger partial charge in [0.05, 0.1) is 35.8 Å². The van der Waals surface area contributed by atoms with Gasteiger partial charge in [0.25, 0.3) is 0 Å². The second kappa shape index (κ2) is 6.77. The molecule has 3 heterocycles. The van der Waals surface area contributed by atoms with Gasteiger partial charge in [0.2, 0.25) is 0 Å². The molecule has 0 saturated carbocycles. The molecule has 2 saturated heterocycles. The molecule has 0 radical (unpaired) electrons. The number of fused-ring (bicyclic) bond motifs is 1. The predicted octanol–water partition coefficient (Wildman–Crippen LogP) is 2.76. The maximum atomic E-state index is 11.3. The van der Waals surface area contributed by atoms with Crippen LogP contribution in [0.15, 0.2) is 18.2 Å². The molecule has 0 aliphatic carbocycles. The Balaban J connectivity index is 1.68. The highest BCUT2D eigenvalue weighted by Gasteiger charge is 2.24. The maximum Gasteiger partial charge on any atom is 0.335 e. The van der Waals surface area contributed by atoms with E-state index in [2.05, 4.69) is 16.4 Å². The zero-order valence-corrected chi connectivity index (χ0v) is 14.6. The fraction of sp³-hybridized carbons (Fsp3) is 0.579.